The van der Waals surface area contributed by atoms with Gasteiger partial charge in [-0.2, -0.15) is 0 Å². The molecule has 0 saturated carbocycles. The van der Waals surface area contributed by atoms with Gasteiger partial charge in [0.1, 0.15) is 11.3 Å². The molecule has 21 heavy (non-hydrogen) atoms. The summed E-state index contributed by atoms with van der Waals surface area (Å²) in [6.07, 6.45) is 3.18. The number of aromatic carboxylic acids is 1. The molecule has 1 saturated heterocycles. The van der Waals surface area contributed by atoms with E-state index in [1.165, 1.54) is 12.1 Å². The second kappa shape index (κ2) is 6.53. The lowest BCUT2D eigenvalue weighted by Gasteiger charge is -2.26. The standard InChI is InChI=1S/C14H18N2O5/c17-9-3-5-10-4-2-8-15(10)12-7-1-6-11(14(18)19)13(12)16(20)21/h1,6-7,10,17H,2-5,8-9H2,(H,18,19). The number of hydrogen-bond acceptors (Lipinski definition) is 5. The average Bonchev–Trinajstić information content (AvgIpc) is 2.92. The summed E-state index contributed by atoms with van der Waals surface area (Å²) < 4.78 is 0. The van der Waals surface area contributed by atoms with Crippen LogP contribution in [0.15, 0.2) is 18.2 Å². The van der Waals surface area contributed by atoms with Crippen LogP contribution in [0.3, 0.4) is 0 Å². The zero-order valence-corrected chi connectivity index (χ0v) is 11.6. The molecule has 0 bridgehead atoms. The monoisotopic (exact) mass is 294 g/mol. The molecular weight excluding hydrogens is 276 g/mol. The quantitative estimate of drug-likeness (QED) is 0.614. The molecule has 7 heteroatoms. The number of nitro benzene ring substituents is 1. The number of rotatable bonds is 6. The number of carboxylic acids is 1. The minimum Gasteiger partial charge on any atom is -0.477 e. The Morgan fingerprint density at radius 1 is 1.48 bits per heavy atom. The number of aliphatic hydroxyl groups excluding tert-OH is 1. The summed E-state index contributed by atoms with van der Waals surface area (Å²) in [6.45, 7) is 0.752. The maximum atomic E-state index is 11.3. The van der Waals surface area contributed by atoms with E-state index in [1.807, 2.05) is 4.90 Å². The highest BCUT2D eigenvalue weighted by atomic mass is 16.6. The number of para-hydroxylation sites is 1. The van der Waals surface area contributed by atoms with E-state index in [0.717, 1.165) is 19.3 Å². The molecule has 0 aromatic heterocycles. The van der Waals surface area contributed by atoms with E-state index in [9.17, 15) is 14.9 Å². The summed E-state index contributed by atoms with van der Waals surface area (Å²) in [6, 6.07) is 4.50. The van der Waals surface area contributed by atoms with Gasteiger partial charge in [0.05, 0.1) is 4.92 Å². The molecule has 1 aliphatic heterocycles. The number of nitrogens with zero attached hydrogens (tertiary/aromatic N) is 2. The number of anilines is 1. The lowest BCUT2D eigenvalue weighted by atomic mass is 10.1. The van der Waals surface area contributed by atoms with Gasteiger partial charge in [-0.15, -0.1) is 0 Å². The predicted octanol–water partition coefficient (Wildman–Crippen LogP) is 2.03. The van der Waals surface area contributed by atoms with Crippen LogP contribution in [0.1, 0.15) is 36.0 Å². The third kappa shape index (κ3) is 3.13. The molecule has 1 unspecified atom stereocenters. The van der Waals surface area contributed by atoms with Crippen molar-refractivity contribution in [3.63, 3.8) is 0 Å². The van der Waals surface area contributed by atoms with Gasteiger partial charge in [0.15, 0.2) is 0 Å². The Labute approximate surface area is 122 Å². The maximum Gasteiger partial charge on any atom is 0.342 e. The first kappa shape index (κ1) is 15.2. The van der Waals surface area contributed by atoms with Crippen LogP contribution >= 0.6 is 0 Å². The van der Waals surface area contributed by atoms with Gasteiger partial charge in [-0.25, -0.2) is 4.79 Å². The predicted molar refractivity (Wildman–Crippen MR) is 76.7 cm³/mol. The molecule has 1 aromatic rings. The second-order valence-electron chi connectivity index (χ2n) is 5.09. The van der Waals surface area contributed by atoms with E-state index >= 15 is 0 Å². The number of carboxylic acid groups (broad SMARTS) is 1. The Morgan fingerprint density at radius 3 is 2.86 bits per heavy atom. The van der Waals surface area contributed by atoms with E-state index in [1.54, 1.807) is 6.07 Å². The Kier molecular flexibility index (Phi) is 4.74. The largest absolute Gasteiger partial charge is 0.477 e. The van der Waals surface area contributed by atoms with E-state index in [4.69, 9.17) is 10.2 Å². The van der Waals surface area contributed by atoms with E-state index in [-0.39, 0.29) is 23.9 Å². The van der Waals surface area contributed by atoms with Crippen LogP contribution in [0.25, 0.3) is 0 Å². The number of nitro groups is 1. The fraction of sp³-hybridized carbons (Fsp3) is 0.500. The number of hydrogen-bond donors (Lipinski definition) is 2. The lowest BCUT2D eigenvalue weighted by Crippen LogP contribution is -2.30. The highest BCUT2D eigenvalue weighted by molar-refractivity contribution is 5.95. The molecule has 2 N–H and O–H groups in total. The Bertz CT molecular complexity index is 546. The van der Waals surface area contributed by atoms with Crippen molar-refractivity contribution in [1.29, 1.82) is 0 Å². The molecule has 0 aliphatic carbocycles. The van der Waals surface area contributed by atoms with Crippen LogP contribution < -0.4 is 4.90 Å². The summed E-state index contributed by atoms with van der Waals surface area (Å²) in [7, 11) is 0. The van der Waals surface area contributed by atoms with Crippen molar-refractivity contribution in [3.05, 3.63) is 33.9 Å². The second-order valence-corrected chi connectivity index (χ2v) is 5.09. The van der Waals surface area contributed by atoms with Gasteiger partial charge >= 0.3 is 11.7 Å². The summed E-state index contributed by atoms with van der Waals surface area (Å²) in [5, 5.41) is 29.4. The third-order valence-electron chi connectivity index (χ3n) is 3.81. The molecule has 0 radical (unpaired) electrons. The van der Waals surface area contributed by atoms with E-state index in [0.29, 0.717) is 18.7 Å². The van der Waals surface area contributed by atoms with Gasteiger partial charge in [0, 0.05) is 19.2 Å². The first-order valence-electron chi connectivity index (χ1n) is 6.94. The van der Waals surface area contributed by atoms with Crippen molar-refractivity contribution >= 4 is 17.3 Å². The Hall–Kier alpha value is -2.15. The number of aliphatic hydroxyl groups is 1. The Morgan fingerprint density at radius 2 is 2.24 bits per heavy atom. The first-order chi connectivity index (χ1) is 10.1. The van der Waals surface area contributed by atoms with Crippen molar-refractivity contribution in [1.82, 2.24) is 0 Å². The summed E-state index contributed by atoms with van der Waals surface area (Å²) >= 11 is 0. The molecule has 1 aromatic carbocycles. The molecule has 7 nitrogen and oxygen atoms in total. The van der Waals surface area contributed by atoms with Crippen molar-refractivity contribution in [2.45, 2.75) is 31.7 Å². The minimum absolute atomic E-state index is 0.0849. The van der Waals surface area contributed by atoms with Crippen molar-refractivity contribution in [3.8, 4) is 0 Å². The van der Waals surface area contributed by atoms with Crippen LogP contribution in [-0.2, 0) is 0 Å². The van der Waals surface area contributed by atoms with Crippen LogP contribution in [0, 0.1) is 10.1 Å². The highest BCUT2D eigenvalue weighted by Gasteiger charge is 2.32. The minimum atomic E-state index is -1.30. The van der Waals surface area contributed by atoms with E-state index in [2.05, 4.69) is 0 Å². The normalized spacial score (nSPS) is 18.0. The fourth-order valence-electron chi connectivity index (χ4n) is 2.91. The average molecular weight is 294 g/mol. The van der Waals surface area contributed by atoms with Gasteiger partial charge in [-0.05, 0) is 37.8 Å². The van der Waals surface area contributed by atoms with Crippen LogP contribution in [0.2, 0.25) is 0 Å². The van der Waals surface area contributed by atoms with E-state index < -0.39 is 10.9 Å². The summed E-state index contributed by atoms with van der Waals surface area (Å²) in [4.78, 5) is 23.8. The van der Waals surface area contributed by atoms with Gasteiger partial charge in [0.25, 0.3) is 0 Å². The number of carbonyl (C=O) groups is 1. The van der Waals surface area contributed by atoms with Crippen molar-refractivity contribution in [2.75, 3.05) is 18.1 Å². The van der Waals surface area contributed by atoms with Crippen LogP contribution in [0.5, 0.6) is 0 Å². The maximum absolute atomic E-state index is 11.3. The van der Waals surface area contributed by atoms with Crippen molar-refractivity contribution < 1.29 is 19.9 Å². The summed E-state index contributed by atoms with van der Waals surface area (Å²) in [5.41, 5.74) is -0.272. The molecule has 1 aliphatic rings. The SMILES string of the molecule is O=C(O)c1cccc(N2CCCC2CCCO)c1[N+](=O)[O-]. The molecule has 1 heterocycles. The van der Waals surface area contributed by atoms with Gasteiger partial charge in [-0.1, -0.05) is 6.07 Å². The fourth-order valence-corrected chi connectivity index (χ4v) is 2.91. The molecule has 0 spiro atoms. The highest BCUT2D eigenvalue weighted by Crippen LogP contribution is 2.37. The molecule has 2 rings (SSSR count). The van der Waals surface area contributed by atoms with Gasteiger partial charge in [0.2, 0.25) is 0 Å². The first-order valence-corrected chi connectivity index (χ1v) is 6.94. The molecule has 1 fully saturated rings. The van der Waals surface area contributed by atoms with Gasteiger partial charge < -0.3 is 15.1 Å². The zero-order chi connectivity index (χ0) is 15.4. The van der Waals surface area contributed by atoms with Crippen LogP contribution in [0.4, 0.5) is 11.4 Å². The molecule has 114 valence electrons. The lowest BCUT2D eigenvalue weighted by molar-refractivity contribution is -0.384. The number of benzene rings is 1. The molecule has 1 atom stereocenters. The third-order valence-corrected chi connectivity index (χ3v) is 3.81. The topological polar surface area (TPSA) is 104 Å². The molecule has 0 amide bonds. The smallest absolute Gasteiger partial charge is 0.342 e. The van der Waals surface area contributed by atoms with Gasteiger partial charge in [-0.3, -0.25) is 10.1 Å². The molecular formula is C14H18N2O5. The van der Waals surface area contributed by atoms with Crippen molar-refractivity contribution in [2.24, 2.45) is 0 Å². The summed E-state index contributed by atoms with van der Waals surface area (Å²) in [5.74, 6) is -1.30. The van der Waals surface area contributed by atoms with Crippen LogP contribution in [-0.4, -0.2) is 40.3 Å². The zero-order valence-electron chi connectivity index (χ0n) is 11.6. The Balaban J connectivity index is 2.40.